The molecule has 90 valence electrons. The summed E-state index contributed by atoms with van der Waals surface area (Å²) in [5, 5.41) is 0. The Morgan fingerprint density at radius 2 is 1.56 bits per heavy atom. The maximum Gasteiger partial charge on any atom is 0.0666 e. The fourth-order valence-corrected chi connectivity index (χ4v) is 1.56. The van der Waals surface area contributed by atoms with Crippen molar-refractivity contribution in [2.24, 2.45) is 0 Å². The van der Waals surface area contributed by atoms with Crippen molar-refractivity contribution in [3.63, 3.8) is 0 Å². The molecule has 2 rings (SSSR count). The van der Waals surface area contributed by atoms with Crippen LogP contribution in [-0.4, -0.2) is 9.38 Å². The molecule has 2 heterocycles. The molecule has 0 aliphatic heterocycles. The van der Waals surface area contributed by atoms with Gasteiger partial charge in [-0.05, 0) is 32.4 Å². The lowest BCUT2D eigenvalue weighted by Gasteiger charge is -1.98. The van der Waals surface area contributed by atoms with Gasteiger partial charge in [0.05, 0.1) is 17.4 Å². The van der Waals surface area contributed by atoms with Crippen molar-refractivity contribution in [3.8, 4) is 0 Å². The van der Waals surface area contributed by atoms with Gasteiger partial charge >= 0.3 is 0 Å². The summed E-state index contributed by atoms with van der Waals surface area (Å²) in [7, 11) is 0. The molecular weight excluding hydrogens is 196 g/mol. The number of aromatic nitrogens is 2. The van der Waals surface area contributed by atoms with Crippen molar-refractivity contribution in [3.05, 3.63) is 35.4 Å². The van der Waals surface area contributed by atoms with Crippen LogP contribution in [0.4, 0.5) is 0 Å². The minimum Gasteiger partial charge on any atom is -0.318 e. The molecule has 16 heavy (non-hydrogen) atoms. The van der Waals surface area contributed by atoms with Crippen LogP contribution in [0.25, 0.3) is 5.52 Å². The third kappa shape index (κ3) is 3.09. The van der Waals surface area contributed by atoms with Crippen LogP contribution in [0.1, 0.15) is 44.6 Å². The van der Waals surface area contributed by atoms with Crippen LogP contribution in [0.5, 0.6) is 0 Å². The van der Waals surface area contributed by atoms with E-state index in [4.69, 9.17) is 0 Å². The highest BCUT2D eigenvalue weighted by Crippen LogP contribution is 2.14. The Morgan fingerprint density at radius 1 is 1.00 bits per heavy atom. The maximum atomic E-state index is 4.26. The van der Waals surface area contributed by atoms with Gasteiger partial charge in [0, 0.05) is 11.9 Å². The number of fused-ring (bicyclic) bond motifs is 1. The number of hydrogen-bond acceptors (Lipinski definition) is 1. The van der Waals surface area contributed by atoms with Crippen LogP contribution < -0.4 is 0 Å². The predicted molar refractivity (Wildman–Crippen MR) is 72.1 cm³/mol. The fourth-order valence-electron chi connectivity index (χ4n) is 1.56. The first-order valence-electron chi connectivity index (χ1n) is 6.09. The zero-order valence-corrected chi connectivity index (χ0v) is 11.6. The molecular formula is C14H24N2. The first kappa shape index (κ1) is 14.7. The van der Waals surface area contributed by atoms with Crippen LogP contribution >= 0.6 is 0 Å². The molecule has 0 atom stereocenters. The first-order chi connectivity index (χ1) is 7.68. The van der Waals surface area contributed by atoms with Gasteiger partial charge in [-0.2, -0.15) is 0 Å². The monoisotopic (exact) mass is 220 g/mol. The molecule has 0 amide bonds. The molecule has 0 radical (unpaired) electrons. The van der Waals surface area contributed by atoms with Crippen molar-refractivity contribution >= 4 is 5.52 Å². The van der Waals surface area contributed by atoms with E-state index >= 15 is 0 Å². The van der Waals surface area contributed by atoms with Crippen LogP contribution in [0.15, 0.2) is 18.5 Å². The van der Waals surface area contributed by atoms with Gasteiger partial charge in [-0.3, -0.25) is 4.98 Å². The molecule has 0 unspecified atom stereocenters. The molecule has 2 nitrogen and oxygen atoms in total. The van der Waals surface area contributed by atoms with E-state index in [2.05, 4.69) is 35.5 Å². The third-order valence-electron chi connectivity index (χ3n) is 2.18. The van der Waals surface area contributed by atoms with Gasteiger partial charge in [-0.25, -0.2) is 0 Å². The number of rotatable bonds is 0. The third-order valence-corrected chi connectivity index (χ3v) is 2.18. The van der Waals surface area contributed by atoms with E-state index in [-0.39, 0.29) is 0 Å². The van der Waals surface area contributed by atoms with E-state index in [0.29, 0.717) is 0 Å². The molecule has 2 heteroatoms. The zero-order chi connectivity index (χ0) is 12.7. The fraction of sp³-hybridized carbons (Fsp3) is 0.500. The second kappa shape index (κ2) is 7.04. The second-order valence-electron chi connectivity index (χ2n) is 3.25. The number of nitrogens with zero attached hydrogens (tertiary/aromatic N) is 2. The van der Waals surface area contributed by atoms with Crippen LogP contribution in [0.2, 0.25) is 0 Å². The Balaban J connectivity index is 0.000000509. The molecule has 0 fully saturated rings. The molecule has 0 bridgehead atoms. The normalized spacial score (nSPS) is 8.94. The average molecular weight is 220 g/mol. The van der Waals surface area contributed by atoms with E-state index in [1.54, 1.807) is 0 Å². The SMILES string of the molecule is CC.CC.Cc1cn2c(C)cc(C)c2cn1. The van der Waals surface area contributed by atoms with Crippen molar-refractivity contribution in [1.82, 2.24) is 9.38 Å². The number of hydrogen-bond donors (Lipinski definition) is 0. The molecule has 0 aliphatic rings. The highest BCUT2D eigenvalue weighted by Gasteiger charge is 2.01. The van der Waals surface area contributed by atoms with E-state index in [9.17, 15) is 0 Å². The molecule has 2 aromatic heterocycles. The van der Waals surface area contributed by atoms with Crippen LogP contribution in [0, 0.1) is 20.8 Å². The topological polar surface area (TPSA) is 17.3 Å². The Morgan fingerprint density at radius 3 is 2.12 bits per heavy atom. The highest BCUT2D eigenvalue weighted by atomic mass is 14.9. The molecule has 2 aromatic rings. The van der Waals surface area contributed by atoms with Gasteiger partial charge in [0.2, 0.25) is 0 Å². The van der Waals surface area contributed by atoms with Crippen LogP contribution in [-0.2, 0) is 0 Å². The Labute approximate surface area is 99.3 Å². The summed E-state index contributed by atoms with van der Waals surface area (Å²) in [5.74, 6) is 0. The molecule has 0 aliphatic carbocycles. The predicted octanol–water partition coefficient (Wildman–Crippen LogP) is 4.31. The summed E-state index contributed by atoms with van der Waals surface area (Å²) in [6.45, 7) is 14.2. The van der Waals surface area contributed by atoms with Crippen molar-refractivity contribution in [1.29, 1.82) is 0 Å². The average Bonchev–Trinajstić information content (AvgIpc) is 2.60. The second-order valence-corrected chi connectivity index (χ2v) is 3.25. The lowest BCUT2D eigenvalue weighted by atomic mass is 10.3. The molecule has 0 saturated heterocycles. The van der Waals surface area contributed by atoms with Gasteiger partial charge in [0.25, 0.3) is 0 Å². The molecule has 0 N–H and O–H groups in total. The summed E-state index contributed by atoms with van der Waals surface area (Å²) < 4.78 is 2.18. The summed E-state index contributed by atoms with van der Waals surface area (Å²) >= 11 is 0. The Hall–Kier alpha value is -1.31. The van der Waals surface area contributed by atoms with E-state index in [0.717, 1.165) is 5.69 Å². The maximum absolute atomic E-state index is 4.26. The molecule has 0 spiro atoms. The van der Waals surface area contributed by atoms with E-state index in [1.165, 1.54) is 16.8 Å². The van der Waals surface area contributed by atoms with Crippen molar-refractivity contribution in [2.75, 3.05) is 0 Å². The van der Waals surface area contributed by atoms with Gasteiger partial charge < -0.3 is 4.40 Å². The van der Waals surface area contributed by atoms with Crippen molar-refractivity contribution in [2.45, 2.75) is 48.5 Å². The lowest BCUT2D eigenvalue weighted by Crippen LogP contribution is -1.90. The first-order valence-corrected chi connectivity index (χ1v) is 6.09. The number of aryl methyl sites for hydroxylation is 3. The van der Waals surface area contributed by atoms with E-state index < -0.39 is 0 Å². The zero-order valence-electron chi connectivity index (χ0n) is 11.6. The Bertz CT molecular complexity index is 427. The van der Waals surface area contributed by atoms with E-state index in [1.807, 2.05) is 40.8 Å². The molecule has 0 saturated carbocycles. The van der Waals surface area contributed by atoms with Crippen molar-refractivity contribution < 1.29 is 0 Å². The minimum atomic E-state index is 1.06. The van der Waals surface area contributed by atoms with Crippen LogP contribution in [0.3, 0.4) is 0 Å². The quantitative estimate of drug-likeness (QED) is 0.646. The summed E-state index contributed by atoms with van der Waals surface area (Å²) in [5.41, 5.74) is 4.83. The summed E-state index contributed by atoms with van der Waals surface area (Å²) in [6, 6.07) is 2.18. The highest BCUT2D eigenvalue weighted by molar-refractivity contribution is 5.55. The Kier molecular flexibility index (Phi) is 6.47. The summed E-state index contributed by atoms with van der Waals surface area (Å²) in [6.07, 6.45) is 4.00. The van der Waals surface area contributed by atoms with Gasteiger partial charge in [0.15, 0.2) is 0 Å². The smallest absolute Gasteiger partial charge is 0.0666 e. The molecule has 0 aromatic carbocycles. The van der Waals surface area contributed by atoms with Gasteiger partial charge in [-0.15, -0.1) is 0 Å². The summed E-state index contributed by atoms with van der Waals surface area (Å²) in [4.78, 5) is 4.26. The van der Waals surface area contributed by atoms with Gasteiger partial charge in [0.1, 0.15) is 0 Å². The standard InChI is InChI=1S/C10H12N2.2C2H6/c1-7-4-9(3)12-6-8(2)11-5-10(7)12;2*1-2/h4-6H,1-3H3;2*1-2H3. The van der Waals surface area contributed by atoms with Gasteiger partial charge in [-0.1, -0.05) is 27.7 Å². The minimum absolute atomic E-state index is 1.06. The largest absolute Gasteiger partial charge is 0.318 e. The lowest BCUT2D eigenvalue weighted by molar-refractivity contribution is 1.04.